The minimum atomic E-state index is -6.14. The van der Waals surface area contributed by atoms with Crippen molar-refractivity contribution in [2.24, 2.45) is 0 Å². The Labute approximate surface area is 109 Å². The highest BCUT2D eigenvalue weighted by Crippen LogP contribution is 2.59. The van der Waals surface area contributed by atoms with Crippen molar-refractivity contribution in [1.29, 1.82) is 0 Å². The first-order chi connectivity index (χ1) is 8.87. The summed E-state index contributed by atoms with van der Waals surface area (Å²) in [5.41, 5.74) is 0. The maximum atomic E-state index is 14.0. The van der Waals surface area contributed by atoms with Crippen LogP contribution in [0.15, 0.2) is 0 Å². The Morgan fingerprint density at radius 2 is 1.29 bits per heavy atom. The maximum absolute atomic E-state index is 14.0. The summed E-state index contributed by atoms with van der Waals surface area (Å²) in [5, 5.41) is 0. The number of hydrogen-bond acceptors (Lipinski definition) is 3. The largest absolute Gasteiger partial charge is 0.525 e. The predicted molar refractivity (Wildman–Crippen MR) is 42.1 cm³/mol. The normalized spacial score (nSPS) is 34.3. The molecule has 0 saturated carbocycles. The van der Waals surface area contributed by atoms with Crippen LogP contribution < -0.4 is 0 Å². The quantitative estimate of drug-likeness (QED) is 0.732. The second-order valence-electron chi connectivity index (χ2n) is 4.22. The van der Waals surface area contributed by atoms with Gasteiger partial charge < -0.3 is 0 Å². The molecule has 13 heteroatoms. The monoisotopic (exact) mass is 340 g/mol. The van der Waals surface area contributed by atoms with E-state index < -0.39 is 43.1 Å². The zero-order valence-corrected chi connectivity index (χ0v) is 10.0. The van der Waals surface area contributed by atoms with Gasteiger partial charge in [0, 0.05) is 6.92 Å². The Morgan fingerprint density at radius 1 is 0.857 bits per heavy atom. The van der Waals surface area contributed by atoms with Crippen molar-refractivity contribution in [2.75, 3.05) is 0 Å². The van der Waals surface area contributed by atoms with Gasteiger partial charge in [-0.05, 0) is 6.92 Å². The van der Waals surface area contributed by atoms with Crippen LogP contribution >= 0.6 is 0 Å². The van der Waals surface area contributed by atoms with E-state index in [-0.39, 0.29) is 6.92 Å². The average molecular weight is 340 g/mol. The van der Waals surface area contributed by atoms with Crippen molar-refractivity contribution >= 4 is 0 Å². The van der Waals surface area contributed by atoms with E-state index in [9.17, 15) is 43.9 Å². The summed E-state index contributed by atoms with van der Waals surface area (Å²) < 4.78 is 136. The number of ether oxygens (including phenoxy) is 3. The molecule has 21 heavy (non-hydrogen) atoms. The molecule has 2 unspecified atom stereocenters. The lowest BCUT2D eigenvalue weighted by molar-refractivity contribution is -0.460. The topological polar surface area (TPSA) is 27.7 Å². The molecule has 1 aliphatic heterocycles. The lowest BCUT2D eigenvalue weighted by Gasteiger charge is -2.39. The maximum Gasteiger partial charge on any atom is 0.525 e. The number of alkyl halides is 10. The summed E-state index contributed by atoms with van der Waals surface area (Å²) in [5.74, 6) is -21.7. The third-order valence-electron chi connectivity index (χ3n) is 2.42. The van der Waals surface area contributed by atoms with Crippen LogP contribution in [0.1, 0.15) is 13.8 Å². The molecule has 0 spiro atoms. The van der Waals surface area contributed by atoms with Gasteiger partial charge in [0.25, 0.3) is 0 Å². The van der Waals surface area contributed by atoms with Crippen molar-refractivity contribution in [3.05, 3.63) is 0 Å². The van der Waals surface area contributed by atoms with E-state index in [1.54, 1.807) is 0 Å². The molecule has 3 nitrogen and oxygen atoms in total. The van der Waals surface area contributed by atoms with Crippen molar-refractivity contribution < 1.29 is 58.1 Å². The molecule has 2 atom stereocenters. The molecule has 0 aromatic carbocycles. The molecule has 1 rings (SSSR count). The van der Waals surface area contributed by atoms with Gasteiger partial charge >= 0.3 is 30.4 Å². The van der Waals surface area contributed by atoms with Crippen molar-refractivity contribution in [3.8, 4) is 0 Å². The summed E-state index contributed by atoms with van der Waals surface area (Å²) in [7, 11) is 0. The summed E-state index contributed by atoms with van der Waals surface area (Å²) >= 11 is 0. The predicted octanol–water partition coefficient (Wildman–Crippen LogP) is 3.79. The van der Waals surface area contributed by atoms with E-state index in [0.29, 0.717) is 0 Å². The van der Waals surface area contributed by atoms with Crippen LogP contribution in [0.5, 0.6) is 0 Å². The lowest BCUT2D eigenvalue weighted by Crippen LogP contribution is -2.66. The Kier molecular flexibility index (Phi) is 3.78. The third kappa shape index (κ3) is 2.90. The number of halogens is 10. The fourth-order valence-electron chi connectivity index (χ4n) is 1.51. The molecule has 1 saturated heterocycles. The molecular formula is C8H6F10O3. The van der Waals surface area contributed by atoms with Crippen molar-refractivity contribution in [1.82, 2.24) is 0 Å². The highest BCUT2D eigenvalue weighted by Gasteiger charge is 2.85. The van der Waals surface area contributed by atoms with E-state index in [4.69, 9.17) is 0 Å². The van der Waals surface area contributed by atoms with Crippen LogP contribution in [0, 0.1) is 0 Å². The van der Waals surface area contributed by atoms with E-state index >= 15 is 0 Å². The van der Waals surface area contributed by atoms with Crippen LogP contribution in [0.3, 0.4) is 0 Å². The second-order valence-corrected chi connectivity index (χ2v) is 4.22. The standard InChI is InChI=1S/C8H6F10O3/c1-3(9,10)5(11,12)6(13)4(2,19-7(14,15)16)20-8(17,18)21-6/h1-2H3. The molecule has 0 aromatic heterocycles. The number of rotatable bonds is 3. The molecule has 1 aliphatic rings. The summed E-state index contributed by atoms with van der Waals surface area (Å²) in [4.78, 5) is 0. The molecule has 0 amide bonds. The summed E-state index contributed by atoms with van der Waals surface area (Å²) in [6.07, 6.45) is -11.3. The van der Waals surface area contributed by atoms with Gasteiger partial charge in [0.05, 0.1) is 0 Å². The Bertz CT molecular complexity index is 416. The molecule has 0 radical (unpaired) electrons. The highest BCUT2D eigenvalue weighted by atomic mass is 19.4. The van der Waals surface area contributed by atoms with Crippen LogP contribution in [0.25, 0.3) is 0 Å². The van der Waals surface area contributed by atoms with Gasteiger partial charge in [-0.15, -0.1) is 22.0 Å². The van der Waals surface area contributed by atoms with Gasteiger partial charge in [-0.25, -0.2) is 4.74 Å². The fourth-order valence-corrected chi connectivity index (χ4v) is 1.51. The van der Waals surface area contributed by atoms with Gasteiger partial charge in [0.1, 0.15) is 0 Å². The van der Waals surface area contributed by atoms with Gasteiger partial charge in [-0.3, -0.25) is 9.47 Å². The minimum Gasteiger partial charge on any atom is -0.256 e. The highest BCUT2D eigenvalue weighted by molar-refractivity contribution is 5.05. The minimum absolute atomic E-state index is 0.374. The fraction of sp³-hybridized carbons (Fsp3) is 1.00. The van der Waals surface area contributed by atoms with Crippen molar-refractivity contribution in [2.45, 2.75) is 50.0 Å². The molecule has 0 N–H and O–H groups in total. The molecule has 1 heterocycles. The van der Waals surface area contributed by atoms with Gasteiger partial charge in [0.15, 0.2) is 0 Å². The van der Waals surface area contributed by atoms with E-state index in [0.717, 1.165) is 0 Å². The van der Waals surface area contributed by atoms with Crippen LogP contribution in [-0.4, -0.2) is 36.1 Å². The van der Waals surface area contributed by atoms with Gasteiger partial charge in [-0.1, -0.05) is 0 Å². The van der Waals surface area contributed by atoms with Crippen LogP contribution in [-0.2, 0) is 14.2 Å². The molecule has 0 aliphatic carbocycles. The molecule has 0 bridgehead atoms. The Morgan fingerprint density at radius 3 is 1.62 bits per heavy atom. The lowest BCUT2D eigenvalue weighted by atomic mass is 9.97. The zero-order chi connectivity index (χ0) is 17.1. The number of hydrogen-bond donors (Lipinski definition) is 0. The first-order valence-corrected chi connectivity index (χ1v) is 4.86. The second kappa shape index (κ2) is 4.35. The third-order valence-corrected chi connectivity index (χ3v) is 2.42. The molecular weight excluding hydrogens is 334 g/mol. The Balaban J connectivity index is 3.41. The molecule has 1 fully saturated rings. The van der Waals surface area contributed by atoms with Crippen LogP contribution in [0.4, 0.5) is 43.9 Å². The average Bonchev–Trinajstić information content (AvgIpc) is 2.26. The SMILES string of the molecule is CC(F)(F)C(F)(F)C1(F)OC(F)(F)OC1(C)OC(F)(F)F. The first-order valence-electron chi connectivity index (χ1n) is 4.86. The van der Waals surface area contributed by atoms with Gasteiger partial charge in [-0.2, -0.15) is 22.0 Å². The van der Waals surface area contributed by atoms with E-state index in [2.05, 4.69) is 14.2 Å². The molecule has 0 aromatic rings. The summed E-state index contributed by atoms with van der Waals surface area (Å²) in [6, 6.07) is 0. The molecule has 126 valence electrons. The summed E-state index contributed by atoms with van der Waals surface area (Å²) in [6.45, 7) is -0.983. The first kappa shape index (κ1) is 18.2. The smallest absolute Gasteiger partial charge is 0.256 e. The van der Waals surface area contributed by atoms with E-state index in [1.807, 2.05) is 0 Å². The van der Waals surface area contributed by atoms with Crippen molar-refractivity contribution in [3.63, 3.8) is 0 Å². The Hall–Kier alpha value is -0.820. The zero-order valence-electron chi connectivity index (χ0n) is 10.0. The van der Waals surface area contributed by atoms with Crippen LogP contribution in [0.2, 0.25) is 0 Å². The van der Waals surface area contributed by atoms with E-state index in [1.165, 1.54) is 0 Å². The van der Waals surface area contributed by atoms with Gasteiger partial charge in [0.2, 0.25) is 5.79 Å².